The van der Waals surface area contributed by atoms with Crippen molar-refractivity contribution in [1.82, 2.24) is 15.3 Å². The van der Waals surface area contributed by atoms with Gasteiger partial charge in [-0.15, -0.1) is 24.8 Å². The lowest BCUT2D eigenvalue weighted by Crippen LogP contribution is -2.37. The molecule has 2 heterocycles. The van der Waals surface area contributed by atoms with E-state index >= 15 is 0 Å². The minimum Gasteiger partial charge on any atom is -0.478 e. The van der Waals surface area contributed by atoms with Gasteiger partial charge in [0.15, 0.2) is 0 Å². The predicted octanol–water partition coefficient (Wildman–Crippen LogP) is 8.23. The monoisotopic (exact) mass is 724 g/mol. The molecule has 0 unspecified atom stereocenters. The second-order valence-corrected chi connectivity index (χ2v) is 14.6. The molecule has 0 saturated carbocycles. The molecule has 0 aliphatic rings. The lowest BCUT2D eigenvalue weighted by Gasteiger charge is -2.27. The van der Waals surface area contributed by atoms with Gasteiger partial charge in [0, 0.05) is 24.0 Å². The Hall–Kier alpha value is -4.22. The van der Waals surface area contributed by atoms with Crippen LogP contribution >= 0.6 is 24.8 Å². The zero-order valence-corrected chi connectivity index (χ0v) is 30.5. The van der Waals surface area contributed by atoms with Gasteiger partial charge in [-0.25, -0.2) is 13.2 Å². The molecule has 9 nitrogen and oxygen atoms in total. The summed E-state index contributed by atoms with van der Waals surface area (Å²) >= 11 is 0. The normalized spacial score (nSPS) is 12.0. The highest BCUT2D eigenvalue weighted by Gasteiger charge is 2.22. The number of carbonyl (C=O) groups is 1. The second-order valence-electron chi connectivity index (χ2n) is 12.9. The average Bonchev–Trinajstić information content (AvgIpc) is 3.01. The molecule has 2 aromatic heterocycles. The molecular weight excluding hydrogens is 683 g/mol. The van der Waals surface area contributed by atoms with E-state index < -0.39 is 16.0 Å². The lowest BCUT2D eigenvalue weighted by molar-refractivity contribution is 0.0696. The van der Waals surface area contributed by atoms with Gasteiger partial charge in [-0.1, -0.05) is 69.3 Å². The number of anilines is 1. The Balaban J connectivity index is 0.00000325. The summed E-state index contributed by atoms with van der Waals surface area (Å²) < 4.78 is 35.6. The number of carboxylic acids is 1. The van der Waals surface area contributed by atoms with Crippen LogP contribution in [0.2, 0.25) is 0 Å². The molecule has 0 saturated heterocycles. The number of aromatic carboxylic acids is 1. The summed E-state index contributed by atoms with van der Waals surface area (Å²) in [7, 11) is -4.17. The van der Waals surface area contributed by atoms with Crippen molar-refractivity contribution in [2.45, 2.75) is 58.5 Å². The maximum absolute atomic E-state index is 13.4. The molecule has 3 aromatic carbocycles. The van der Waals surface area contributed by atoms with E-state index in [2.05, 4.69) is 41.9 Å². The van der Waals surface area contributed by atoms with E-state index in [4.69, 9.17) is 9.72 Å². The van der Waals surface area contributed by atoms with E-state index in [0.717, 1.165) is 51.3 Å². The summed E-state index contributed by atoms with van der Waals surface area (Å²) in [5.41, 5.74) is 5.43. The van der Waals surface area contributed by atoms with Crippen molar-refractivity contribution in [3.63, 3.8) is 0 Å². The van der Waals surface area contributed by atoms with Crippen molar-refractivity contribution >= 4 is 57.5 Å². The molecule has 5 rings (SSSR count). The molecule has 0 aliphatic carbocycles. The Kier molecular flexibility index (Phi) is 13.2. The summed E-state index contributed by atoms with van der Waals surface area (Å²) in [5, 5.41) is 14.1. The molecule has 0 radical (unpaired) electrons. The smallest absolute Gasteiger partial charge is 0.335 e. The first-order valence-corrected chi connectivity index (χ1v) is 16.9. The third-order valence-electron chi connectivity index (χ3n) is 7.72. The first kappa shape index (κ1) is 39.2. The van der Waals surface area contributed by atoms with E-state index in [9.17, 15) is 18.3 Å². The lowest BCUT2D eigenvalue weighted by atomic mass is 9.88. The molecule has 0 amide bonds. The molecule has 3 N–H and O–H groups in total. The number of hydrogen-bond acceptors (Lipinski definition) is 7. The average molecular weight is 726 g/mol. The van der Waals surface area contributed by atoms with Crippen molar-refractivity contribution < 1.29 is 23.1 Å². The minimum atomic E-state index is -4.17. The Labute approximate surface area is 300 Å². The maximum atomic E-state index is 13.4. The zero-order valence-electron chi connectivity index (χ0n) is 28.1. The van der Waals surface area contributed by atoms with Crippen LogP contribution in [0.15, 0.2) is 95.9 Å². The highest BCUT2D eigenvalue weighted by molar-refractivity contribution is 7.92. The van der Waals surface area contributed by atoms with Gasteiger partial charge in [0.1, 0.15) is 12.4 Å². The van der Waals surface area contributed by atoms with Crippen LogP contribution in [0.1, 0.15) is 54.4 Å². The van der Waals surface area contributed by atoms with E-state index in [1.54, 1.807) is 6.07 Å². The summed E-state index contributed by atoms with van der Waals surface area (Å²) in [5.74, 6) is -0.907. The maximum Gasteiger partial charge on any atom is 0.335 e. The predicted molar refractivity (Wildman–Crippen MR) is 200 cm³/mol. The number of sulfonamides is 1. The van der Waals surface area contributed by atoms with Crippen LogP contribution in [0, 0.1) is 19.3 Å². The largest absolute Gasteiger partial charge is 0.478 e. The fraction of sp³-hybridized carbons (Fsp3) is 0.270. The summed E-state index contributed by atoms with van der Waals surface area (Å²) in [6, 6.07) is 26.7. The number of aryl methyl sites for hydroxylation is 2. The van der Waals surface area contributed by atoms with Crippen LogP contribution in [-0.4, -0.2) is 42.1 Å². The molecular formula is C37H42Cl2N4O5S. The molecule has 0 spiro atoms. The number of halogens is 2. The van der Waals surface area contributed by atoms with E-state index in [0.29, 0.717) is 6.54 Å². The number of benzene rings is 3. The Bertz CT molecular complexity index is 2010. The summed E-state index contributed by atoms with van der Waals surface area (Å²) in [6.07, 6.45) is 0.802. The van der Waals surface area contributed by atoms with Crippen molar-refractivity contribution in [3.8, 4) is 17.0 Å². The van der Waals surface area contributed by atoms with Crippen molar-refractivity contribution in [1.29, 1.82) is 0 Å². The molecule has 5 aromatic rings. The topological polar surface area (TPSA) is 131 Å². The quantitative estimate of drug-likeness (QED) is 0.117. The molecule has 0 fully saturated rings. The third kappa shape index (κ3) is 10.4. The van der Waals surface area contributed by atoms with Crippen LogP contribution in [0.3, 0.4) is 0 Å². The van der Waals surface area contributed by atoms with Crippen molar-refractivity contribution in [2.24, 2.45) is 5.41 Å². The number of para-hydroxylation sites is 1. The van der Waals surface area contributed by atoms with Gasteiger partial charge in [-0.05, 0) is 84.3 Å². The van der Waals surface area contributed by atoms with Gasteiger partial charge in [-0.2, -0.15) is 4.98 Å². The molecule has 0 bridgehead atoms. The summed E-state index contributed by atoms with van der Waals surface area (Å²) in [4.78, 5) is 20.6. The minimum absolute atomic E-state index is 0. The van der Waals surface area contributed by atoms with Crippen molar-refractivity contribution in [3.05, 3.63) is 113 Å². The van der Waals surface area contributed by atoms with Gasteiger partial charge in [-0.3, -0.25) is 9.71 Å². The van der Waals surface area contributed by atoms with Crippen molar-refractivity contribution in [2.75, 3.05) is 11.3 Å². The van der Waals surface area contributed by atoms with Crippen LogP contribution < -0.4 is 14.8 Å². The van der Waals surface area contributed by atoms with Crippen LogP contribution in [-0.2, 0) is 16.6 Å². The molecule has 1 atom stereocenters. The van der Waals surface area contributed by atoms with Crippen LogP contribution in [0.25, 0.3) is 22.0 Å². The number of aromatic nitrogens is 2. The summed E-state index contributed by atoms with van der Waals surface area (Å²) in [6.45, 7) is 11.3. The Morgan fingerprint density at radius 3 is 2.27 bits per heavy atom. The fourth-order valence-corrected chi connectivity index (χ4v) is 6.65. The number of carboxylic acid groups (broad SMARTS) is 1. The molecule has 12 heteroatoms. The number of nitrogens with zero attached hydrogens (tertiary/aromatic N) is 2. The number of fused-ring (bicyclic) bond motifs is 1. The second kappa shape index (κ2) is 16.5. The fourth-order valence-electron chi connectivity index (χ4n) is 5.61. The highest BCUT2D eigenvalue weighted by atomic mass is 35.5. The van der Waals surface area contributed by atoms with Gasteiger partial charge in [0.2, 0.25) is 5.88 Å². The van der Waals surface area contributed by atoms with Crippen LogP contribution in [0.4, 0.5) is 5.82 Å². The molecule has 0 aliphatic heterocycles. The third-order valence-corrected chi connectivity index (χ3v) is 9.07. The van der Waals surface area contributed by atoms with Crippen LogP contribution in [0.5, 0.6) is 5.88 Å². The van der Waals surface area contributed by atoms with E-state index in [-0.39, 0.29) is 65.0 Å². The zero-order chi connectivity index (χ0) is 33.8. The highest BCUT2D eigenvalue weighted by Crippen LogP contribution is 2.32. The Morgan fingerprint density at radius 1 is 0.878 bits per heavy atom. The Morgan fingerprint density at radius 2 is 1.57 bits per heavy atom. The number of ether oxygens (including phenoxy) is 1. The number of hydrogen-bond donors (Lipinski definition) is 3. The standard InChI is InChI=1S/C37H40N4O5S.2ClH/c1-24-10-8-11-25(2)35(24)28-19-33(41-47(44,45)31-14-9-13-27(18-31)36(42)43)40-34(20-28)46-23-30(21-37(3,4)5)38-22-29-17-16-26-12-6-7-15-32(26)39-29;;/h6-20,30,38H,21-23H2,1-5H3,(H,40,41)(H,42,43);2*1H/t30-;;/m1../s1. The van der Waals surface area contributed by atoms with E-state index in [1.165, 1.54) is 18.2 Å². The van der Waals surface area contributed by atoms with Gasteiger partial charge >= 0.3 is 5.97 Å². The van der Waals surface area contributed by atoms with E-state index in [1.807, 2.05) is 68.4 Å². The first-order valence-electron chi connectivity index (χ1n) is 15.4. The van der Waals surface area contributed by atoms with Gasteiger partial charge in [0.05, 0.1) is 21.7 Å². The molecule has 260 valence electrons. The van der Waals surface area contributed by atoms with Gasteiger partial charge in [0.25, 0.3) is 10.0 Å². The van der Waals surface area contributed by atoms with Gasteiger partial charge < -0.3 is 15.2 Å². The number of pyridine rings is 2. The number of rotatable bonds is 12. The molecule has 49 heavy (non-hydrogen) atoms. The SMILES string of the molecule is Cc1cccc(C)c1-c1cc(NS(=O)(=O)c2cccc(C(=O)O)c2)nc(OC[C@@H](CC(C)(C)C)NCc2ccc3ccccc3n2)c1.Cl.Cl. The first-order chi connectivity index (χ1) is 22.3. The number of nitrogens with one attached hydrogen (secondary N) is 2.